The van der Waals surface area contributed by atoms with Crippen molar-refractivity contribution in [2.24, 2.45) is 0 Å². The summed E-state index contributed by atoms with van der Waals surface area (Å²) in [6.07, 6.45) is -2.84. The van der Waals surface area contributed by atoms with Gasteiger partial charge in [0.15, 0.2) is 18.0 Å². The number of anilines is 1. The van der Waals surface area contributed by atoms with E-state index < -0.39 is 43.7 Å². The first-order valence-corrected chi connectivity index (χ1v) is 14.4. The van der Waals surface area contributed by atoms with E-state index in [2.05, 4.69) is 10.1 Å². The predicted octanol–water partition coefficient (Wildman–Crippen LogP) is 3.67. The first-order chi connectivity index (χ1) is 18.8. The summed E-state index contributed by atoms with van der Waals surface area (Å²) >= 11 is 0. The molecule has 0 aliphatic carbocycles. The quantitative estimate of drug-likeness (QED) is 0.291. The third kappa shape index (κ3) is 6.59. The van der Waals surface area contributed by atoms with Gasteiger partial charge >= 0.3 is 5.69 Å². The zero-order valence-corrected chi connectivity index (χ0v) is 23.3. The number of benzene rings is 2. The number of methoxy groups -OCH3 is 1. The fraction of sp³-hybridized carbons (Fsp3) is 0.407. The number of alkyl halides is 2. The van der Waals surface area contributed by atoms with Crippen molar-refractivity contribution < 1.29 is 32.4 Å². The maximum Gasteiger partial charge on any atom is 0.351 e. The molecule has 1 aliphatic rings. The topological polar surface area (TPSA) is 138 Å². The molecule has 1 aliphatic heterocycles. The van der Waals surface area contributed by atoms with Gasteiger partial charge in [-0.05, 0) is 49.6 Å². The summed E-state index contributed by atoms with van der Waals surface area (Å²) in [5.41, 5.74) is 4.45. The standard InChI is InChI=1S/C27H33F2N4O6P/c1-18-4-6-19(7-5-18)13-15-40(36,31-16-20-8-10-21(37-3)11-9-20)38-17-27(29)23(34)26(2,28)24(39-27)33-14-12-22(30)32-25(33)35/h4-12,14,23-24,34H,13,15-17H2,1-3H3,(H,31,36)(H2,30,32,35)/t23-,24+,26+,27+,40?/m0/s1. The summed E-state index contributed by atoms with van der Waals surface area (Å²) in [4.78, 5) is 15.8. The van der Waals surface area contributed by atoms with Gasteiger partial charge in [0.2, 0.25) is 0 Å². The molecule has 2 heterocycles. The minimum absolute atomic E-state index is 0.0178. The van der Waals surface area contributed by atoms with Crippen LogP contribution in [0, 0.1) is 6.92 Å². The molecule has 40 heavy (non-hydrogen) atoms. The lowest BCUT2D eigenvalue weighted by molar-refractivity contribution is -0.203. The second kappa shape index (κ2) is 11.8. The van der Waals surface area contributed by atoms with Crippen LogP contribution >= 0.6 is 7.52 Å². The van der Waals surface area contributed by atoms with E-state index in [0.717, 1.165) is 29.8 Å². The van der Waals surface area contributed by atoms with Crippen LogP contribution in [0.2, 0.25) is 0 Å². The molecule has 10 nitrogen and oxygen atoms in total. The Hall–Kier alpha value is -3.15. The maximum atomic E-state index is 16.0. The number of nitrogens with zero attached hydrogens (tertiary/aromatic N) is 2. The molecular formula is C27H33F2N4O6P. The molecule has 1 fully saturated rings. The fourth-order valence-electron chi connectivity index (χ4n) is 4.34. The molecule has 0 radical (unpaired) electrons. The molecule has 2 aromatic carbocycles. The monoisotopic (exact) mass is 578 g/mol. The third-order valence-corrected chi connectivity index (χ3v) is 8.80. The predicted molar refractivity (Wildman–Crippen MR) is 146 cm³/mol. The Bertz CT molecular complexity index is 1420. The number of rotatable bonds is 11. The number of nitrogen functional groups attached to an aromatic ring is 1. The summed E-state index contributed by atoms with van der Waals surface area (Å²) in [5, 5.41) is 13.5. The molecule has 4 N–H and O–H groups in total. The van der Waals surface area contributed by atoms with Crippen LogP contribution in [-0.2, 0) is 26.8 Å². The van der Waals surface area contributed by atoms with Gasteiger partial charge in [-0.1, -0.05) is 42.0 Å². The van der Waals surface area contributed by atoms with Crippen LogP contribution in [-0.4, -0.2) is 52.2 Å². The van der Waals surface area contributed by atoms with Crippen LogP contribution in [0.5, 0.6) is 5.75 Å². The summed E-state index contributed by atoms with van der Waals surface area (Å²) in [6.45, 7) is 1.89. The summed E-state index contributed by atoms with van der Waals surface area (Å²) in [6, 6.07) is 15.9. The zero-order chi connectivity index (χ0) is 29.1. The van der Waals surface area contributed by atoms with Crippen molar-refractivity contribution in [3.63, 3.8) is 0 Å². The first-order valence-electron chi connectivity index (χ1n) is 12.6. The number of aryl methyl sites for hydroxylation is 2. The van der Waals surface area contributed by atoms with Crippen molar-refractivity contribution in [2.75, 3.05) is 25.6 Å². The lowest BCUT2D eigenvalue weighted by Crippen LogP contribution is -2.47. The van der Waals surface area contributed by atoms with E-state index in [1.165, 1.54) is 6.07 Å². The Morgan fingerprint density at radius 2 is 1.80 bits per heavy atom. The maximum absolute atomic E-state index is 16.0. The van der Waals surface area contributed by atoms with E-state index >= 15 is 8.78 Å². The van der Waals surface area contributed by atoms with Gasteiger partial charge in [-0.3, -0.25) is 9.13 Å². The number of hydrogen-bond donors (Lipinski definition) is 3. The van der Waals surface area contributed by atoms with Crippen LogP contribution in [0.1, 0.15) is 29.8 Å². The van der Waals surface area contributed by atoms with Gasteiger partial charge in [-0.15, -0.1) is 0 Å². The van der Waals surface area contributed by atoms with Gasteiger partial charge in [0.1, 0.15) is 18.2 Å². The molecule has 1 aromatic heterocycles. The average molecular weight is 579 g/mol. The molecule has 13 heteroatoms. The molecule has 5 atom stereocenters. The molecule has 0 saturated carbocycles. The Labute approximate surface area is 230 Å². The highest BCUT2D eigenvalue weighted by atomic mass is 31.2. The summed E-state index contributed by atoms with van der Waals surface area (Å²) < 4.78 is 62.2. The van der Waals surface area contributed by atoms with E-state index in [9.17, 15) is 14.5 Å². The van der Waals surface area contributed by atoms with Gasteiger partial charge in [-0.2, -0.15) is 4.98 Å². The van der Waals surface area contributed by atoms with Crippen LogP contribution < -0.4 is 21.2 Å². The second-order valence-electron chi connectivity index (χ2n) is 9.94. The number of aliphatic hydroxyl groups is 1. The SMILES string of the molecule is COc1ccc(CNP(=O)(CCc2ccc(C)cc2)OC[C@@]2(F)O[C@@H](n3ccc(N)nc3=O)[C@](C)(F)[C@@H]2O)cc1. The first kappa shape index (κ1) is 29.8. The molecule has 0 amide bonds. The number of nitrogens with two attached hydrogens (primary N) is 1. The van der Waals surface area contributed by atoms with Crippen molar-refractivity contribution in [3.05, 3.63) is 88.0 Å². The van der Waals surface area contributed by atoms with Gasteiger partial charge < -0.3 is 24.8 Å². The van der Waals surface area contributed by atoms with Crippen molar-refractivity contribution in [1.29, 1.82) is 0 Å². The normalized spacial score (nSPS) is 25.9. The number of halogens is 2. The molecule has 3 aromatic rings. The van der Waals surface area contributed by atoms with Gasteiger partial charge in [0.05, 0.1) is 7.11 Å². The van der Waals surface area contributed by atoms with Gasteiger partial charge in [0.25, 0.3) is 13.4 Å². The molecular weight excluding hydrogens is 545 g/mol. The van der Waals surface area contributed by atoms with Crippen molar-refractivity contribution >= 4 is 13.3 Å². The molecule has 216 valence electrons. The summed E-state index contributed by atoms with van der Waals surface area (Å²) in [7, 11) is -2.24. The highest BCUT2D eigenvalue weighted by molar-refractivity contribution is 7.56. The Balaban J connectivity index is 1.53. The number of aromatic nitrogens is 2. The minimum Gasteiger partial charge on any atom is -0.497 e. The third-order valence-electron chi connectivity index (χ3n) is 6.81. The van der Waals surface area contributed by atoms with Crippen molar-refractivity contribution in [3.8, 4) is 5.75 Å². The van der Waals surface area contributed by atoms with Crippen LogP contribution in [0.25, 0.3) is 0 Å². The van der Waals surface area contributed by atoms with Crippen molar-refractivity contribution in [2.45, 2.75) is 50.7 Å². The van der Waals surface area contributed by atoms with Gasteiger partial charge in [0, 0.05) is 18.9 Å². The Morgan fingerprint density at radius 1 is 1.15 bits per heavy atom. The number of aliphatic hydroxyl groups excluding tert-OH is 1. The number of nitrogens with one attached hydrogen (secondary N) is 1. The second-order valence-corrected chi connectivity index (χ2v) is 12.3. The van der Waals surface area contributed by atoms with Gasteiger partial charge in [-0.25, -0.2) is 18.7 Å². The Morgan fingerprint density at radius 3 is 2.42 bits per heavy atom. The Kier molecular flexibility index (Phi) is 8.77. The number of hydrogen-bond acceptors (Lipinski definition) is 8. The van der Waals surface area contributed by atoms with Crippen LogP contribution in [0.3, 0.4) is 0 Å². The lowest BCUT2D eigenvalue weighted by atomic mass is 9.97. The molecule has 1 saturated heterocycles. The minimum atomic E-state index is -3.78. The average Bonchev–Trinajstić information content (AvgIpc) is 3.11. The molecule has 0 spiro atoms. The largest absolute Gasteiger partial charge is 0.497 e. The van der Waals surface area contributed by atoms with Crippen LogP contribution in [0.4, 0.5) is 14.6 Å². The smallest absolute Gasteiger partial charge is 0.351 e. The highest BCUT2D eigenvalue weighted by Gasteiger charge is 2.65. The fourth-order valence-corrected chi connectivity index (χ4v) is 6.07. The van der Waals surface area contributed by atoms with E-state index in [-0.39, 0.29) is 18.5 Å². The molecule has 0 bridgehead atoms. The lowest BCUT2D eigenvalue weighted by Gasteiger charge is -2.27. The van der Waals surface area contributed by atoms with Crippen molar-refractivity contribution in [1.82, 2.24) is 14.6 Å². The molecule has 4 rings (SSSR count). The van der Waals surface area contributed by atoms with E-state index in [1.807, 2.05) is 31.2 Å². The van der Waals surface area contributed by atoms with Crippen LogP contribution in [0.15, 0.2) is 65.6 Å². The molecule has 1 unspecified atom stereocenters. The highest BCUT2D eigenvalue weighted by Crippen LogP contribution is 2.51. The zero-order valence-electron chi connectivity index (χ0n) is 22.4. The van der Waals surface area contributed by atoms with E-state index in [1.54, 1.807) is 31.4 Å². The van der Waals surface area contributed by atoms with E-state index in [0.29, 0.717) is 16.7 Å². The summed E-state index contributed by atoms with van der Waals surface area (Å²) in [5.74, 6) is -2.60. The van der Waals surface area contributed by atoms with E-state index in [4.69, 9.17) is 19.7 Å². The number of ether oxygens (including phenoxy) is 2.